The Labute approximate surface area is 301 Å². The van der Waals surface area contributed by atoms with E-state index in [2.05, 4.69) is 0 Å². The Bertz CT molecular complexity index is 1460. The highest BCUT2D eigenvalue weighted by molar-refractivity contribution is 7.89. The molecule has 0 saturated carbocycles. The van der Waals surface area contributed by atoms with Crippen LogP contribution in [-0.2, 0) is 50.0 Å². The molecule has 0 amide bonds. The van der Waals surface area contributed by atoms with Crippen molar-refractivity contribution in [3.63, 3.8) is 0 Å². The first-order valence-corrected chi connectivity index (χ1v) is 18.4. The summed E-state index contributed by atoms with van der Waals surface area (Å²) in [4.78, 5) is 2.58. The van der Waals surface area contributed by atoms with Gasteiger partial charge in [-0.2, -0.15) is 0 Å². The smallest absolute Gasteiger partial charge is 0.188 e. The first-order valence-electron chi connectivity index (χ1n) is 16.1. The highest BCUT2D eigenvalue weighted by Gasteiger charge is 2.20. The molecule has 3 aromatic carbocycles. The Balaban J connectivity index is 2.23. The van der Waals surface area contributed by atoms with Crippen LogP contribution in [0.15, 0.2) is 80.3 Å². The predicted octanol–water partition coefficient (Wildman–Crippen LogP) is 7.36. The molecule has 2 unspecified atom stereocenters. The van der Waals surface area contributed by atoms with E-state index in [1.807, 2.05) is 74.5 Å². The van der Waals surface area contributed by atoms with Crippen molar-refractivity contribution in [2.75, 3.05) is 56.2 Å². The maximum atomic E-state index is 14.0. The van der Waals surface area contributed by atoms with Crippen LogP contribution in [0.1, 0.15) is 47.9 Å². The summed E-state index contributed by atoms with van der Waals surface area (Å²) in [7, 11) is 6.33. The number of allylic oxidation sites excluding steroid dienone is 2. The maximum absolute atomic E-state index is 14.0. The Morgan fingerprint density at radius 2 is 0.920 bits per heavy atom. The number of benzene rings is 3. The van der Waals surface area contributed by atoms with E-state index in [0.717, 1.165) is 11.1 Å². The number of ether oxygens (including phenoxy) is 8. The van der Waals surface area contributed by atoms with Crippen LogP contribution >= 0.6 is 0 Å². The van der Waals surface area contributed by atoms with Crippen molar-refractivity contribution < 1.29 is 46.3 Å². The first-order chi connectivity index (χ1) is 24.2. The summed E-state index contributed by atoms with van der Waals surface area (Å²) in [5, 5.41) is 0. The largest absolute Gasteiger partial charge is 0.467 e. The van der Waals surface area contributed by atoms with Crippen LogP contribution in [0.25, 0.3) is 12.2 Å². The third-order valence-corrected chi connectivity index (χ3v) is 10.7. The second-order valence-electron chi connectivity index (χ2n) is 11.3. The third kappa shape index (κ3) is 12.5. The highest BCUT2D eigenvalue weighted by Crippen LogP contribution is 2.36. The maximum Gasteiger partial charge on any atom is 0.188 e. The van der Waals surface area contributed by atoms with Gasteiger partial charge in [-0.1, -0.05) is 35.4 Å². The highest BCUT2D eigenvalue weighted by atomic mass is 32.2. The van der Waals surface area contributed by atoms with Gasteiger partial charge >= 0.3 is 0 Å². The van der Waals surface area contributed by atoms with E-state index in [-0.39, 0.29) is 13.6 Å². The molecule has 0 heterocycles. The Kier molecular flexibility index (Phi) is 18.0. The summed E-state index contributed by atoms with van der Waals surface area (Å²) >= 11 is 0. The zero-order valence-corrected chi connectivity index (χ0v) is 31.9. The Morgan fingerprint density at radius 3 is 1.22 bits per heavy atom. The van der Waals surface area contributed by atoms with Crippen molar-refractivity contribution in [3.05, 3.63) is 92.7 Å². The molecule has 0 bridgehead atoms. The lowest BCUT2D eigenvalue weighted by atomic mass is 10.1. The quantitative estimate of drug-likeness (QED) is 0.0974. The number of methoxy groups -OCH3 is 6. The van der Waals surface area contributed by atoms with Crippen molar-refractivity contribution in [1.82, 2.24) is 0 Å². The van der Waals surface area contributed by atoms with Crippen LogP contribution in [-0.4, -0.2) is 77.2 Å². The van der Waals surface area contributed by atoms with E-state index in [1.54, 1.807) is 40.6 Å². The van der Waals surface area contributed by atoms with Gasteiger partial charge in [0, 0.05) is 86.2 Å². The molecule has 50 heavy (non-hydrogen) atoms. The second-order valence-corrected chi connectivity index (χ2v) is 14.4. The lowest BCUT2D eigenvalue weighted by Gasteiger charge is -2.18. The predicted molar refractivity (Wildman–Crippen MR) is 197 cm³/mol. The molecule has 3 aromatic rings. The van der Waals surface area contributed by atoms with E-state index < -0.39 is 34.2 Å². The standard InChI is InChI=1S/C38H50O10S2/c1-27-9-13-31(14-10-27)49(39)33(17-19-37(43-5)44-6)21-29-23-36(48-26-42-4)30(24-35(29)47-25-41-3)22-34(18-20-38(45-7)46-8)50(40)32-15-11-28(2)12-16-32/h9-16,21-24,37-38H,17-20,25-26H2,1-8H3/b33-21+,34-22+. The number of rotatable bonds is 22. The molecule has 0 aliphatic carbocycles. The number of aryl methyl sites for hydroxylation is 2. The van der Waals surface area contributed by atoms with Crippen LogP contribution in [0.2, 0.25) is 0 Å². The van der Waals surface area contributed by atoms with E-state index >= 15 is 0 Å². The zero-order chi connectivity index (χ0) is 36.5. The van der Waals surface area contributed by atoms with Gasteiger partial charge in [0.1, 0.15) is 11.5 Å². The minimum atomic E-state index is -1.51. The van der Waals surface area contributed by atoms with Crippen LogP contribution < -0.4 is 9.47 Å². The van der Waals surface area contributed by atoms with Crippen molar-refractivity contribution in [2.45, 2.75) is 61.9 Å². The molecule has 10 nitrogen and oxygen atoms in total. The second kappa shape index (κ2) is 21.9. The summed E-state index contributed by atoms with van der Waals surface area (Å²) in [5.41, 5.74) is 3.34. The molecule has 3 rings (SSSR count). The van der Waals surface area contributed by atoms with Crippen LogP contribution in [0.5, 0.6) is 11.5 Å². The monoisotopic (exact) mass is 730 g/mol. The summed E-state index contributed by atoms with van der Waals surface area (Å²) in [6.45, 7) is 3.88. The van der Waals surface area contributed by atoms with Crippen molar-refractivity contribution in [2.24, 2.45) is 0 Å². The first kappa shape index (κ1) is 41.2. The summed E-state index contributed by atoms with van der Waals surface area (Å²) < 4.78 is 72.5. The fourth-order valence-electron chi connectivity index (χ4n) is 4.91. The fourth-order valence-corrected chi connectivity index (χ4v) is 7.35. The van der Waals surface area contributed by atoms with Gasteiger partial charge in [-0.15, -0.1) is 0 Å². The minimum Gasteiger partial charge on any atom is -0.467 e. The van der Waals surface area contributed by atoms with Crippen LogP contribution in [0.4, 0.5) is 0 Å². The molecule has 0 fully saturated rings. The van der Waals surface area contributed by atoms with Gasteiger partial charge in [-0.05, 0) is 75.2 Å². The topological polar surface area (TPSA) is 108 Å². The molecule has 0 saturated heterocycles. The molecule has 12 heteroatoms. The molecule has 274 valence electrons. The SMILES string of the molecule is COCOc1cc(/C=C(\CCC(OC)OC)S(=O)c2ccc(C)cc2)c(OCOC)cc1/C=C(\CCC(OC)OC)S(=O)c1ccc(C)cc1. The minimum absolute atomic E-state index is 0.0421. The molecular formula is C38H50O10S2. The Hall–Kier alpha value is -3.20. The van der Waals surface area contributed by atoms with E-state index in [9.17, 15) is 8.42 Å². The van der Waals surface area contributed by atoms with Gasteiger partial charge in [0.05, 0.1) is 21.6 Å². The van der Waals surface area contributed by atoms with Gasteiger partial charge in [0.15, 0.2) is 26.2 Å². The molecule has 0 aliphatic heterocycles. The van der Waals surface area contributed by atoms with Gasteiger partial charge in [-0.3, -0.25) is 0 Å². The lowest BCUT2D eigenvalue weighted by Crippen LogP contribution is -2.13. The van der Waals surface area contributed by atoms with Crippen molar-refractivity contribution >= 4 is 33.8 Å². The molecule has 2 atom stereocenters. The average Bonchev–Trinajstić information content (AvgIpc) is 3.13. The van der Waals surface area contributed by atoms with Crippen LogP contribution in [0.3, 0.4) is 0 Å². The van der Waals surface area contributed by atoms with Crippen molar-refractivity contribution in [3.8, 4) is 11.5 Å². The Morgan fingerprint density at radius 1 is 0.580 bits per heavy atom. The summed E-state index contributed by atoms with van der Waals surface area (Å²) in [6, 6.07) is 18.8. The average molecular weight is 731 g/mol. The normalized spacial score (nSPS) is 13.6. The lowest BCUT2D eigenvalue weighted by molar-refractivity contribution is -0.105. The van der Waals surface area contributed by atoms with Crippen molar-refractivity contribution in [1.29, 1.82) is 0 Å². The van der Waals surface area contributed by atoms with E-state index in [0.29, 0.717) is 67.9 Å². The fraction of sp³-hybridized carbons (Fsp3) is 0.421. The molecule has 0 spiro atoms. The molecule has 0 N–H and O–H groups in total. The van der Waals surface area contributed by atoms with Gasteiger partial charge < -0.3 is 37.9 Å². The molecular weight excluding hydrogens is 681 g/mol. The van der Waals surface area contributed by atoms with Gasteiger partial charge in [0.2, 0.25) is 0 Å². The molecule has 0 aliphatic rings. The number of hydrogen-bond acceptors (Lipinski definition) is 10. The molecule has 0 aromatic heterocycles. The van der Waals surface area contributed by atoms with E-state index in [1.165, 1.54) is 14.2 Å². The summed E-state index contributed by atoms with van der Waals surface area (Å²) in [6.07, 6.45) is 4.47. The molecule has 0 radical (unpaired) electrons. The number of hydrogen-bond donors (Lipinski definition) is 0. The third-order valence-electron chi connectivity index (χ3n) is 7.69. The van der Waals surface area contributed by atoms with Gasteiger partial charge in [0.25, 0.3) is 0 Å². The van der Waals surface area contributed by atoms with E-state index in [4.69, 9.17) is 37.9 Å². The zero-order valence-electron chi connectivity index (χ0n) is 30.2. The van der Waals surface area contributed by atoms with Gasteiger partial charge in [-0.25, -0.2) is 8.42 Å². The van der Waals surface area contributed by atoms with Crippen LogP contribution in [0, 0.1) is 13.8 Å². The summed E-state index contributed by atoms with van der Waals surface area (Å²) in [5.74, 6) is 0.895.